The van der Waals surface area contributed by atoms with Crippen molar-refractivity contribution in [3.05, 3.63) is 69.3 Å². The third-order valence-corrected chi connectivity index (χ3v) is 6.12. The van der Waals surface area contributed by atoms with Gasteiger partial charge in [0, 0.05) is 42.1 Å². The van der Waals surface area contributed by atoms with Crippen LogP contribution in [0.4, 0.5) is 4.39 Å². The number of nitrogens with zero attached hydrogens (tertiary/aromatic N) is 1. The van der Waals surface area contributed by atoms with E-state index in [1.54, 1.807) is 12.1 Å². The Morgan fingerprint density at radius 2 is 2.00 bits per heavy atom. The standard InChI is InChI=1S/C24H19ClFNO6/c25-20-9-15(26)2-4-16(20)18-10-23(31)33-21-8-14(1-3-17(18)21)19(12-28)24(32)27-6-5-13(11-27)7-22(29)30/h1-4,8-10,12-13,19H,5-7,11H2,(H,29,30)/t13-,19?/m0/s1. The van der Waals surface area contributed by atoms with E-state index in [1.165, 1.54) is 29.2 Å². The Hall–Kier alpha value is -3.52. The van der Waals surface area contributed by atoms with Crippen molar-refractivity contribution in [1.82, 2.24) is 4.90 Å². The Morgan fingerprint density at radius 1 is 1.21 bits per heavy atom. The highest BCUT2D eigenvalue weighted by atomic mass is 35.5. The van der Waals surface area contributed by atoms with Crippen molar-refractivity contribution in [2.45, 2.75) is 18.8 Å². The minimum absolute atomic E-state index is 0.0363. The average Bonchev–Trinajstić information content (AvgIpc) is 3.21. The van der Waals surface area contributed by atoms with Gasteiger partial charge >= 0.3 is 11.6 Å². The van der Waals surface area contributed by atoms with Gasteiger partial charge in [-0.1, -0.05) is 23.7 Å². The summed E-state index contributed by atoms with van der Waals surface area (Å²) in [6.45, 7) is 0.641. The second-order valence-electron chi connectivity index (χ2n) is 8.01. The van der Waals surface area contributed by atoms with Crippen LogP contribution in [-0.2, 0) is 14.4 Å². The highest BCUT2D eigenvalue weighted by molar-refractivity contribution is 6.33. The second-order valence-corrected chi connectivity index (χ2v) is 8.42. The molecule has 0 spiro atoms. The summed E-state index contributed by atoms with van der Waals surface area (Å²) in [4.78, 5) is 49.4. The predicted molar refractivity (Wildman–Crippen MR) is 119 cm³/mol. The zero-order valence-corrected chi connectivity index (χ0v) is 18.0. The number of fused-ring (bicyclic) bond motifs is 1. The maximum atomic E-state index is 13.5. The molecule has 1 N–H and O–H groups in total. The number of benzene rings is 2. The number of halogens is 2. The summed E-state index contributed by atoms with van der Waals surface area (Å²) in [5, 5.41) is 9.60. The van der Waals surface area contributed by atoms with Gasteiger partial charge < -0.3 is 19.2 Å². The monoisotopic (exact) mass is 471 g/mol. The van der Waals surface area contributed by atoms with E-state index >= 15 is 0 Å². The molecule has 2 aromatic carbocycles. The molecule has 4 rings (SSSR count). The van der Waals surface area contributed by atoms with Gasteiger partial charge in [0.15, 0.2) is 0 Å². The lowest BCUT2D eigenvalue weighted by Crippen LogP contribution is -2.34. The number of likely N-dealkylation sites (tertiary alicyclic amines) is 1. The summed E-state index contributed by atoms with van der Waals surface area (Å²) in [6, 6.07) is 9.73. The summed E-state index contributed by atoms with van der Waals surface area (Å²) in [7, 11) is 0. The predicted octanol–water partition coefficient (Wildman–Crippen LogP) is 3.86. The smallest absolute Gasteiger partial charge is 0.336 e. The van der Waals surface area contributed by atoms with Crippen molar-refractivity contribution in [2.75, 3.05) is 13.1 Å². The lowest BCUT2D eigenvalue weighted by atomic mass is 9.95. The van der Waals surface area contributed by atoms with Gasteiger partial charge in [-0.2, -0.15) is 0 Å². The van der Waals surface area contributed by atoms with Crippen LogP contribution in [0.2, 0.25) is 5.02 Å². The van der Waals surface area contributed by atoms with Crippen LogP contribution in [-0.4, -0.2) is 41.3 Å². The Kier molecular flexibility index (Phi) is 6.29. The van der Waals surface area contributed by atoms with E-state index in [2.05, 4.69) is 0 Å². The van der Waals surface area contributed by atoms with Crippen molar-refractivity contribution in [3.63, 3.8) is 0 Å². The van der Waals surface area contributed by atoms with E-state index in [0.717, 1.165) is 6.07 Å². The van der Waals surface area contributed by atoms with E-state index in [-0.39, 0.29) is 29.5 Å². The van der Waals surface area contributed by atoms with Crippen LogP contribution >= 0.6 is 11.6 Å². The molecule has 1 aromatic heterocycles. The fourth-order valence-electron chi connectivity index (χ4n) is 4.23. The fraction of sp³-hybridized carbons (Fsp3) is 0.250. The van der Waals surface area contributed by atoms with Gasteiger partial charge in [-0.05, 0) is 42.2 Å². The van der Waals surface area contributed by atoms with Crippen LogP contribution in [0.25, 0.3) is 22.1 Å². The molecule has 33 heavy (non-hydrogen) atoms. The molecule has 3 aromatic rings. The molecule has 1 fully saturated rings. The first-order valence-corrected chi connectivity index (χ1v) is 10.6. The summed E-state index contributed by atoms with van der Waals surface area (Å²) >= 11 is 6.17. The van der Waals surface area contributed by atoms with Gasteiger partial charge in [0.1, 0.15) is 23.6 Å². The molecule has 1 unspecified atom stereocenters. The van der Waals surface area contributed by atoms with Crippen molar-refractivity contribution in [1.29, 1.82) is 0 Å². The molecule has 0 bridgehead atoms. The van der Waals surface area contributed by atoms with Crippen molar-refractivity contribution < 1.29 is 28.3 Å². The molecule has 9 heteroatoms. The number of hydrogen-bond acceptors (Lipinski definition) is 5. The summed E-state index contributed by atoms with van der Waals surface area (Å²) in [6.07, 6.45) is 1.04. The first-order chi connectivity index (χ1) is 15.8. The number of carbonyl (C=O) groups is 3. The van der Waals surface area contributed by atoms with Gasteiger partial charge in [-0.3, -0.25) is 9.59 Å². The van der Waals surface area contributed by atoms with E-state index < -0.39 is 29.2 Å². The number of aliphatic carboxylic acids is 1. The number of carboxylic acid groups (broad SMARTS) is 1. The van der Waals surface area contributed by atoms with Gasteiger partial charge in [-0.25, -0.2) is 9.18 Å². The second kappa shape index (κ2) is 9.15. The number of carboxylic acids is 1. The molecule has 1 aliphatic rings. The topological polar surface area (TPSA) is 105 Å². The summed E-state index contributed by atoms with van der Waals surface area (Å²) < 4.78 is 18.8. The number of amides is 1. The zero-order chi connectivity index (χ0) is 23.7. The third kappa shape index (κ3) is 4.66. The number of hydrogen-bond donors (Lipinski definition) is 1. The molecule has 1 amide bonds. The van der Waals surface area contributed by atoms with Crippen molar-refractivity contribution in [3.8, 4) is 11.1 Å². The first kappa shape index (κ1) is 22.7. The number of aldehydes is 1. The summed E-state index contributed by atoms with van der Waals surface area (Å²) in [5.74, 6) is -3.16. The largest absolute Gasteiger partial charge is 0.481 e. The molecular weight excluding hydrogens is 453 g/mol. The Bertz CT molecular complexity index is 1320. The van der Waals surface area contributed by atoms with Crippen LogP contribution in [0.3, 0.4) is 0 Å². The molecule has 170 valence electrons. The zero-order valence-electron chi connectivity index (χ0n) is 17.3. The lowest BCUT2D eigenvalue weighted by molar-refractivity contribution is -0.139. The van der Waals surface area contributed by atoms with Gasteiger partial charge in [0.2, 0.25) is 5.91 Å². The highest BCUT2D eigenvalue weighted by Crippen LogP contribution is 2.34. The van der Waals surface area contributed by atoms with E-state index in [1.807, 2.05) is 0 Å². The summed E-state index contributed by atoms with van der Waals surface area (Å²) in [5.41, 5.74) is 0.700. The Morgan fingerprint density at radius 3 is 2.70 bits per heavy atom. The van der Waals surface area contributed by atoms with Crippen LogP contribution in [0, 0.1) is 11.7 Å². The molecule has 1 aliphatic heterocycles. The van der Waals surface area contributed by atoms with Crippen molar-refractivity contribution in [2.24, 2.45) is 5.92 Å². The van der Waals surface area contributed by atoms with Crippen LogP contribution in [0.1, 0.15) is 24.3 Å². The fourth-order valence-corrected chi connectivity index (χ4v) is 4.49. The Labute approximate surface area is 192 Å². The van der Waals surface area contributed by atoms with Crippen LogP contribution < -0.4 is 5.63 Å². The van der Waals surface area contributed by atoms with Gasteiger partial charge in [-0.15, -0.1) is 0 Å². The van der Waals surface area contributed by atoms with Crippen LogP contribution in [0.5, 0.6) is 0 Å². The lowest BCUT2D eigenvalue weighted by Gasteiger charge is -2.20. The third-order valence-electron chi connectivity index (χ3n) is 5.81. The molecule has 1 saturated heterocycles. The molecule has 0 aliphatic carbocycles. The van der Waals surface area contributed by atoms with Gasteiger partial charge in [0.25, 0.3) is 0 Å². The molecule has 0 radical (unpaired) electrons. The van der Waals surface area contributed by atoms with E-state index in [4.69, 9.17) is 21.1 Å². The molecule has 0 saturated carbocycles. The SMILES string of the molecule is O=CC(C(=O)N1CC[C@@H](CC(=O)O)C1)c1ccc2c(-c3ccc(F)cc3Cl)cc(=O)oc2c1. The molecule has 2 heterocycles. The molecule has 7 nitrogen and oxygen atoms in total. The maximum absolute atomic E-state index is 13.5. The minimum atomic E-state index is -1.12. The maximum Gasteiger partial charge on any atom is 0.336 e. The first-order valence-electron chi connectivity index (χ1n) is 10.3. The average molecular weight is 472 g/mol. The number of carbonyl (C=O) groups excluding carboxylic acids is 2. The molecular formula is C24H19ClFNO6. The van der Waals surface area contributed by atoms with E-state index in [9.17, 15) is 23.6 Å². The number of rotatable bonds is 6. The Balaban J connectivity index is 1.69. The normalized spacial score (nSPS) is 16.7. The van der Waals surface area contributed by atoms with E-state index in [0.29, 0.717) is 41.3 Å². The highest BCUT2D eigenvalue weighted by Gasteiger charge is 2.32. The van der Waals surface area contributed by atoms with Crippen molar-refractivity contribution >= 4 is 40.7 Å². The molecule has 2 atom stereocenters. The minimum Gasteiger partial charge on any atom is -0.481 e. The quantitative estimate of drug-likeness (QED) is 0.332. The van der Waals surface area contributed by atoms with Crippen LogP contribution in [0.15, 0.2) is 51.7 Å². The van der Waals surface area contributed by atoms with Gasteiger partial charge in [0.05, 0.1) is 5.02 Å².